The Bertz CT molecular complexity index is 1070. The van der Waals surface area contributed by atoms with Gasteiger partial charge in [-0.15, -0.1) is 0 Å². The quantitative estimate of drug-likeness (QED) is 0.519. The Morgan fingerprint density at radius 2 is 2.12 bits per heavy atom. The zero-order chi connectivity index (χ0) is 23.2. The third-order valence-corrected chi connectivity index (χ3v) is 6.69. The van der Waals surface area contributed by atoms with Crippen molar-refractivity contribution in [3.05, 3.63) is 82.6 Å². The maximum Gasteiger partial charge on any atom is 0.105 e. The molecule has 0 bridgehead atoms. The van der Waals surface area contributed by atoms with Crippen molar-refractivity contribution in [2.75, 3.05) is 26.2 Å². The number of benzene rings is 1. The number of fused-ring (bicyclic) bond motifs is 1. The number of hydrogen-bond acceptors (Lipinski definition) is 4. The van der Waals surface area contributed by atoms with Crippen molar-refractivity contribution in [3.63, 3.8) is 0 Å². The van der Waals surface area contributed by atoms with E-state index in [1.807, 2.05) is 24.6 Å². The molecule has 0 amide bonds. The average molecular weight is 464 g/mol. The lowest BCUT2D eigenvalue weighted by Gasteiger charge is -2.36. The van der Waals surface area contributed by atoms with E-state index in [4.69, 9.17) is 16.6 Å². The summed E-state index contributed by atoms with van der Waals surface area (Å²) in [5.74, 6) is 1.05. The molecular weight excluding hydrogens is 430 g/mol. The second-order valence-electron chi connectivity index (χ2n) is 8.63. The molecule has 2 aliphatic rings. The van der Waals surface area contributed by atoms with E-state index in [2.05, 4.69) is 64.6 Å². The number of hydrogen-bond donors (Lipinski definition) is 1. The number of nitrogens with one attached hydrogen (secondary N) is 1. The van der Waals surface area contributed by atoms with Gasteiger partial charge in [-0.3, -0.25) is 9.89 Å². The lowest BCUT2D eigenvalue weighted by atomic mass is 9.92. The van der Waals surface area contributed by atoms with E-state index >= 15 is 0 Å². The number of rotatable bonds is 8. The SMILES string of the molecule is C=CC1=C(N=CCC)C(N2CCNCC2)c2ccc(Cl)cc2C(CCCn2ccnc2C)=C1. The van der Waals surface area contributed by atoms with Gasteiger partial charge in [-0.1, -0.05) is 37.2 Å². The highest BCUT2D eigenvalue weighted by Crippen LogP contribution is 2.42. The predicted octanol–water partition coefficient (Wildman–Crippen LogP) is 5.59. The van der Waals surface area contributed by atoms with Gasteiger partial charge < -0.3 is 9.88 Å². The standard InChI is InChI=1S/C27H34ClN5/c1-4-10-31-26-21(5-2)18-22(7-6-14-32-17-13-30-20(32)3)25-19-23(28)8-9-24(25)27(26)33-15-11-29-12-16-33/h5,8-10,13,17-19,27,29H,2,4,6-7,11-12,14-16H2,1,3H3. The molecule has 1 aliphatic heterocycles. The summed E-state index contributed by atoms with van der Waals surface area (Å²) in [6, 6.07) is 6.43. The Morgan fingerprint density at radius 3 is 2.82 bits per heavy atom. The molecule has 1 atom stereocenters. The number of aromatic nitrogens is 2. The molecule has 1 unspecified atom stereocenters. The van der Waals surface area contributed by atoms with E-state index in [1.54, 1.807) is 0 Å². The molecule has 174 valence electrons. The summed E-state index contributed by atoms with van der Waals surface area (Å²) < 4.78 is 2.21. The van der Waals surface area contributed by atoms with Crippen molar-refractivity contribution in [3.8, 4) is 0 Å². The van der Waals surface area contributed by atoms with Crippen LogP contribution in [-0.4, -0.2) is 46.8 Å². The van der Waals surface area contributed by atoms with Crippen LogP contribution in [0.15, 0.2) is 65.6 Å². The van der Waals surface area contributed by atoms with Crippen molar-refractivity contribution >= 4 is 23.4 Å². The van der Waals surface area contributed by atoms with Gasteiger partial charge in [-0.05, 0) is 66.7 Å². The molecule has 1 aromatic carbocycles. The molecule has 0 spiro atoms. The Hall–Kier alpha value is -2.47. The fraction of sp³-hybridized carbons (Fsp3) is 0.407. The van der Waals surface area contributed by atoms with Crippen molar-refractivity contribution in [1.29, 1.82) is 0 Å². The van der Waals surface area contributed by atoms with Gasteiger partial charge in [0.1, 0.15) is 5.82 Å². The molecule has 5 nitrogen and oxygen atoms in total. The third kappa shape index (κ3) is 5.37. The van der Waals surface area contributed by atoms with Crippen molar-refractivity contribution < 1.29 is 0 Å². The molecule has 1 N–H and O–H groups in total. The van der Waals surface area contributed by atoms with Gasteiger partial charge in [-0.25, -0.2) is 4.98 Å². The van der Waals surface area contributed by atoms with Crippen LogP contribution in [0.4, 0.5) is 0 Å². The molecule has 1 aliphatic carbocycles. The highest BCUT2D eigenvalue weighted by atomic mass is 35.5. The minimum absolute atomic E-state index is 0.0832. The van der Waals surface area contributed by atoms with E-state index in [1.165, 1.54) is 16.7 Å². The van der Waals surface area contributed by atoms with Crippen LogP contribution in [0.25, 0.3) is 5.57 Å². The first-order chi connectivity index (χ1) is 16.1. The molecule has 1 fully saturated rings. The Kier molecular flexibility index (Phi) is 7.97. The molecule has 0 radical (unpaired) electrons. The number of halogens is 1. The summed E-state index contributed by atoms with van der Waals surface area (Å²) in [5.41, 5.74) is 5.99. The monoisotopic (exact) mass is 463 g/mol. The highest BCUT2D eigenvalue weighted by molar-refractivity contribution is 6.30. The minimum atomic E-state index is 0.0832. The Labute approximate surface area is 202 Å². The zero-order valence-corrected chi connectivity index (χ0v) is 20.5. The minimum Gasteiger partial charge on any atom is -0.335 e. The number of nitrogens with zero attached hydrogens (tertiary/aromatic N) is 4. The van der Waals surface area contributed by atoms with Gasteiger partial charge >= 0.3 is 0 Å². The Balaban J connectivity index is 1.77. The second kappa shape index (κ2) is 11.1. The van der Waals surface area contributed by atoms with Gasteiger partial charge in [0.15, 0.2) is 0 Å². The van der Waals surface area contributed by atoms with Crippen LogP contribution in [0.5, 0.6) is 0 Å². The van der Waals surface area contributed by atoms with E-state index in [0.717, 1.165) is 74.1 Å². The Morgan fingerprint density at radius 1 is 1.30 bits per heavy atom. The van der Waals surface area contributed by atoms with Crippen molar-refractivity contribution in [1.82, 2.24) is 19.8 Å². The molecule has 6 heteroatoms. The smallest absolute Gasteiger partial charge is 0.105 e. The summed E-state index contributed by atoms with van der Waals surface area (Å²) in [6.45, 7) is 13.2. The fourth-order valence-electron chi connectivity index (χ4n) is 4.78. The van der Waals surface area contributed by atoms with Gasteiger partial charge in [0.05, 0.1) is 11.7 Å². The number of aliphatic imine (C=N–C) groups is 1. The third-order valence-electron chi connectivity index (χ3n) is 6.46. The van der Waals surface area contributed by atoms with Crippen molar-refractivity contribution in [2.24, 2.45) is 4.99 Å². The predicted molar refractivity (Wildman–Crippen MR) is 139 cm³/mol. The molecule has 4 rings (SSSR count). The number of aryl methyl sites for hydroxylation is 2. The lowest BCUT2D eigenvalue weighted by molar-refractivity contribution is 0.194. The summed E-state index contributed by atoms with van der Waals surface area (Å²) in [7, 11) is 0. The number of piperazine rings is 1. The van der Waals surface area contributed by atoms with Gasteiger partial charge in [0.25, 0.3) is 0 Å². The highest BCUT2D eigenvalue weighted by Gasteiger charge is 2.31. The van der Waals surface area contributed by atoms with E-state index in [0.29, 0.717) is 0 Å². The molecular formula is C27H34ClN5. The topological polar surface area (TPSA) is 45.5 Å². The summed E-state index contributed by atoms with van der Waals surface area (Å²) in [6.07, 6.45) is 13.0. The van der Waals surface area contributed by atoms with Crippen LogP contribution in [0.2, 0.25) is 5.02 Å². The molecule has 0 saturated carbocycles. The van der Waals surface area contributed by atoms with Crippen LogP contribution < -0.4 is 5.32 Å². The van der Waals surface area contributed by atoms with Gasteiger partial charge in [0.2, 0.25) is 0 Å². The molecule has 1 saturated heterocycles. The first-order valence-electron chi connectivity index (χ1n) is 11.9. The van der Waals surface area contributed by atoms with E-state index in [9.17, 15) is 0 Å². The number of allylic oxidation sites excluding steroid dienone is 4. The maximum atomic E-state index is 6.53. The van der Waals surface area contributed by atoms with Crippen molar-refractivity contribution in [2.45, 2.75) is 45.7 Å². The zero-order valence-electron chi connectivity index (χ0n) is 19.7. The summed E-state index contributed by atoms with van der Waals surface area (Å²) >= 11 is 6.53. The summed E-state index contributed by atoms with van der Waals surface area (Å²) in [5, 5.41) is 4.25. The van der Waals surface area contributed by atoms with Crippen LogP contribution in [0.1, 0.15) is 49.2 Å². The normalized spacial score (nSPS) is 19.5. The van der Waals surface area contributed by atoms with E-state index in [-0.39, 0.29) is 6.04 Å². The van der Waals surface area contributed by atoms with E-state index < -0.39 is 0 Å². The average Bonchev–Trinajstić information content (AvgIpc) is 3.19. The molecule has 2 aromatic rings. The van der Waals surface area contributed by atoms with Crippen LogP contribution in [0.3, 0.4) is 0 Å². The van der Waals surface area contributed by atoms with Gasteiger partial charge in [-0.2, -0.15) is 0 Å². The fourth-order valence-corrected chi connectivity index (χ4v) is 4.96. The first-order valence-corrected chi connectivity index (χ1v) is 12.3. The number of imidazole rings is 1. The van der Waals surface area contributed by atoms with Gasteiger partial charge in [0, 0.05) is 56.4 Å². The maximum absolute atomic E-state index is 6.53. The van der Waals surface area contributed by atoms with Crippen LogP contribution >= 0.6 is 11.6 Å². The molecule has 1 aromatic heterocycles. The second-order valence-corrected chi connectivity index (χ2v) is 9.06. The largest absolute Gasteiger partial charge is 0.335 e. The lowest BCUT2D eigenvalue weighted by Crippen LogP contribution is -2.45. The molecule has 33 heavy (non-hydrogen) atoms. The van der Waals surface area contributed by atoms with Crippen LogP contribution in [-0.2, 0) is 6.54 Å². The first kappa shape index (κ1) is 23.7. The van der Waals surface area contributed by atoms with Crippen LogP contribution in [0, 0.1) is 6.92 Å². The molecule has 2 heterocycles. The summed E-state index contributed by atoms with van der Waals surface area (Å²) in [4.78, 5) is 11.9.